The zero-order valence-corrected chi connectivity index (χ0v) is 14.0. The molecule has 0 atom stereocenters. The number of carbonyl (C=O) groups is 1. The predicted octanol–water partition coefficient (Wildman–Crippen LogP) is 1.39. The Bertz CT molecular complexity index is 197. The van der Waals surface area contributed by atoms with Gasteiger partial charge < -0.3 is 0 Å². The van der Waals surface area contributed by atoms with E-state index in [0.717, 1.165) is 0 Å². The predicted molar refractivity (Wildman–Crippen MR) is 42.9 cm³/mol. The first kappa shape index (κ1) is 11.2. The van der Waals surface area contributed by atoms with Crippen molar-refractivity contribution in [2.75, 3.05) is 0 Å². The van der Waals surface area contributed by atoms with Gasteiger partial charge in [-0.05, 0) is 0 Å². The molecule has 58 valence electrons. The Kier molecular flexibility index (Phi) is 5.02. The molecule has 0 aliphatic carbocycles. The molecule has 0 fully saturated rings. The van der Waals surface area contributed by atoms with Crippen LogP contribution in [-0.4, -0.2) is 14.0 Å². The summed E-state index contributed by atoms with van der Waals surface area (Å²) in [4.78, 5) is 10.3. The van der Waals surface area contributed by atoms with Crippen LogP contribution in [0.25, 0.3) is 0 Å². The van der Waals surface area contributed by atoms with Crippen LogP contribution in [0.5, 0.6) is 0 Å². The van der Waals surface area contributed by atoms with E-state index in [1.165, 1.54) is 6.92 Å². The summed E-state index contributed by atoms with van der Waals surface area (Å²) in [6, 6.07) is 0. The molecule has 0 saturated carbocycles. The van der Waals surface area contributed by atoms with Gasteiger partial charge in [0.05, 0.1) is 0 Å². The Balaban J connectivity index is 3.66. The molecule has 0 radical (unpaired) electrons. The van der Waals surface area contributed by atoms with Crippen LogP contribution in [0, 0.1) is 8.97 Å². The van der Waals surface area contributed by atoms with E-state index < -0.39 is 33.1 Å². The monoisotopic (exact) mass is 358 g/mol. The van der Waals surface area contributed by atoms with Crippen LogP contribution in [0.2, 0.25) is 19.6 Å². The maximum atomic E-state index is 10.3. The average molecular weight is 357 g/mol. The van der Waals surface area contributed by atoms with Crippen molar-refractivity contribution >= 4 is 14.0 Å². The molecular weight excluding hydrogens is 345 g/mol. The van der Waals surface area contributed by atoms with E-state index in [9.17, 15) is 4.79 Å². The van der Waals surface area contributed by atoms with Crippen molar-refractivity contribution in [2.45, 2.75) is 26.6 Å². The fourth-order valence-electron chi connectivity index (χ4n) is 0.439. The normalized spacial score (nSPS) is 9.09. The van der Waals surface area contributed by atoms with Crippen LogP contribution in [0.3, 0.4) is 0 Å². The number of hydrogen-bond acceptors (Lipinski definition) is 2. The second-order valence-corrected chi connectivity index (χ2v) is 11.7. The van der Waals surface area contributed by atoms with Gasteiger partial charge in [-0.25, -0.2) is 0 Å². The van der Waals surface area contributed by atoms with Gasteiger partial charge in [0.25, 0.3) is 0 Å². The van der Waals surface area contributed by atoms with Gasteiger partial charge in [0, 0.05) is 0 Å². The van der Waals surface area contributed by atoms with Crippen molar-refractivity contribution in [3.05, 3.63) is 0 Å². The van der Waals surface area contributed by atoms with Gasteiger partial charge in [-0.3, -0.25) is 0 Å². The van der Waals surface area contributed by atoms with E-state index in [-0.39, 0.29) is 5.97 Å². The molecule has 11 heavy (non-hydrogen) atoms. The van der Waals surface area contributed by atoms with Gasteiger partial charge in [-0.2, -0.15) is 0 Å². The fraction of sp³-hybridized carbons (Fsp3) is 0.571. The third-order valence-electron chi connectivity index (χ3n) is 0.811. The molecule has 0 amide bonds. The first-order chi connectivity index (χ1) is 4.92. The van der Waals surface area contributed by atoms with Gasteiger partial charge in [-0.1, -0.05) is 0 Å². The molecule has 0 aliphatic rings. The molecule has 0 bridgehead atoms. The van der Waals surface area contributed by atoms with Gasteiger partial charge in [0.15, 0.2) is 0 Å². The number of hydrogen-bond donors (Lipinski definition) is 0. The number of rotatable bonds is 1. The molecular formula is C7H12HgO2Si. The third-order valence-corrected chi connectivity index (χ3v) is 6.50. The third kappa shape index (κ3) is 10.2. The summed E-state index contributed by atoms with van der Waals surface area (Å²) in [5.74, 6) is -0.170. The van der Waals surface area contributed by atoms with E-state index in [1.807, 2.05) is 0 Å². The summed E-state index contributed by atoms with van der Waals surface area (Å²) in [5.41, 5.74) is 3.19. The van der Waals surface area contributed by atoms with Gasteiger partial charge in [0.1, 0.15) is 0 Å². The summed E-state index contributed by atoms with van der Waals surface area (Å²) in [6.07, 6.45) is 0. The summed E-state index contributed by atoms with van der Waals surface area (Å²) < 4.78 is 7.92. The Morgan fingerprint density at radius 3 is 2.36 bits per heavy atom. The molecule has 4 heteroatoms. The molecule has 0 saturated heterocycles. The molecule has 0 unspecified atom stereocenters. The van der Waals surface area contributed by atoms with Crippen molar-refractivity contribution in [1.29, 1.82) is 0 Å². The molecule has 0 N–H and O–H groups in total. The van der Waals surface area contributed by atoms with E-state index in [1.54, 1.807) is 0 Å². The Morgan fingerprint density at radius 2 is 2.00 bits per heavy atom. The fourth-order valence-corrected chi connectivity index (χ4v) is 9.14. The van der Waals surface area contributed by atoms with Crippen molar-refractivity contribution in [2.24, 2.45) is 0 Å². The van der Waals surface area contributed by atoms with E-state index >= 15 is 0 Å². The first-order valence-corrected chi connectivity index (χ1v) is 12.0. The van der Waals surface area contributed by atoms with Crippen LogP contribution in [0.1, 0.15) is 6.92 Å². The molecule has 2 nitrogen and oxygen atoms in total. The van der Waals surface area contributed by atoms with E-state index in [0.29, 0.717) is 0 Å². The average Bonchev–Trinajstić information content (AvgIpc) is 1.78. The Hall–Kier alpha value is 0.182. The van der Waals surface area contributed by atoms with Crippen LogP contribution in [0.15, 0.2) is 0 Å². The zero-order chi connectivity index (χ0) is 8.91. The van der Waals surface area contributed by atoms with Crippen LogP contribution >= 0.6 is 0 Å². The molecule has 0 rings (SSSR count). The Labute approximate surface area is 81.8 Å². The van der Waals surface area contributed by atoms with Crippen LogP contribution in [0.4, 0.5) is 0 Å². The molecule has 0 aliphatic heterocycles. The van der Waals surface area contributed by atoms with E-state index in [2.05, 4.69) is 28.6 Å². The SMILES string of the molecule is CC(=O)[O][Hg][C]#C[Si](C)(C)C. The first-order valence-electron chi connectivity index (χ1n) is 3.55. The molecule has 0 aromatic rings. The topological polar surface area (TPSA) is 26.3 Å². The van der Waals surface area contributed by atoms with Crippen molar-refractivity contribution in [3.8, 4) is 8.97 Å². The summed E-state index contributed by atoms with van der Waals surface area (Å²) >= 11 is -1.57. The second kappa shape index (κ2) is 4.94. The van der Waals surface area contributed by atoms with E-state index in [4.69, 9.17) is 2.64 Å². The van der Waals surface area contributed by atoms with Crippen molar-refractivity contribution < 1.29 is 32.5 Å². The summed E-state index contributed by atoms with van der Waals surface area (Å²) in [7, 11) is -1.23. The summed E-state index contributed by atoms with van der Waals surface area (Å²) in [6.45, 7) is 7.99. The molecule has 0 aromatic carbocycles. The minimum absolute atomic E-state index is 0.170. The standard InChI is InChI=1S/C5H9Si.C2H4O2.Hg/c1-5-6(2,3)4;1-2(3)4;/h2-4H3;1H3,(H,3,4);/q;;+1/p-1. The molecule has 0 aromatic heterocycles. The molecule has 0 spiro atoms. The van der Waals surface area contributed by atoms with Gasteiger partial charge >= 0.3 is 82.1 Å². The van der Waals surface area contributed by atoms with Gasteiger partial charge in [-0.15, -0.1) is 0 Å². The zero-order valence-electron chi connectivity index (χ0n) is 7.52. The van der Waals surface area contributed by atoms with Crippen molar-refractivity contribution in [3.63, 3.8) is 0 Å². The van der Waals surface area contributed by atoms with Crippen molar-refractivity contribution in [1.82, 2.24) is 0 Å². The van der Waals surface area contributed by atoms with Gasteiger partial charge in [0.2, 0.25) is 0 Å². The quantitative estimate of drug-likeness (QED) is 0.524. The second-order valence-electron chi connectivity index (χ2n) is 3.33. The number of carbonyl (C=O) groups excluding carboxylic acids is 1. The van der Waals surface area contributed by atoms with Crippen LogP contribution < -0.4 is 0 Å². The summed E-state index contributed by atoms with van der Waals surface area (Å²) in [5, 5.41) is 0. The van der Waals surface area contributed by atoms with Crippen LogP contribution in [-0.2, 0) is 32.5 Å². The maximum absolute atomic E-state index is 10.3. The molecule has 0 heterocycles. The Morgan fingerprint density at radius 1 is 1.45 bits per heavy atom. The minimum atomic E-state index is -1.57.